The number of nitrogens with zero attached hydrogens (tertiary/aromatic N) is 1. The summed E-state index contributed by atoms with van der Waals surface area (Å²) < 4.78 is 3.77. The quantitative estimate of drug-likeness (QED) is 0.209. The summed E-state index contributed by atoms with van der Waals surface area (Å²) in [4.78, 5) is 5.20. The van der Waals surface area contributed by atoms with Gasteiger partial charge in [0.15, 0.2) is 0 Å². The monoisotopic (exact) mass is 489 g/mol. The summed E-state index contributed by atoms with van der Waals surface area (Å²) in [6.07, 6.45) is 0. The average molecular weight is 490 g/mol. The molecule has 7 rings (SSSR count). The van der Waals surface area contributed by atoms with Crippen LogP contribution in [0.25, 0.3) is 63.9 Å². The van der Waals surface area contributed by atoms with Crippen LogP contribution >= 0.6 is 27.3 Å². The molecule has 0 saturated heterocycles. The molecule has 0 bridgehead atoms. The standard InChI is InChI=1S/C29H16BrNS/c30-24-16-15-20(17-7-1-2-8-18(17)24)28-23-14-13-21-19-9-4-6-12-26(19)32-29(21)27(23)22-10-3-5-11-25(22)31-28/h1-16H. The zero-order valence-electron chi connectivity index (χ0n) is 17.0. The summed E-state index contributed by atoms with van der Waals surface area (Å²) in [5.41, 5.74) is 3.24. The Morgan fingerprint density at radius 3 is 2.12 bits per heavy atom. The van der Waals surface area contributed by atoms with Gasteiger partial charge >= 0.3 is 0 Å². The molecule has 2 aromatic heterocycles. The van der Waals surface area contributed by atoms with E-state index in [1.165, 1.54) is 52.7 Å². The van der Waals surface area contributed by atoms with Crippen LogP contribution in [0.2, 0.25) is 0 Å². The molecule has 150 valence electrons. The van der Waals surface area contributed by atoms with E-state index in [1.807, 2.05) is 11.3 Å². The highest BCUT2D eigenvalue weighted by Gasteiger charge is 2.17. The van der Waals surface area contributed by atoms with Crippen LogP contribution in [-0.4, -0.2) is 4.98 Å². The maximum Gasteiger partial charge on any atom is 0.0794 e. The lowest BCUT2D eigenvalue weighted by Crippen LogP contribution is -1.91. The van der Waals surface area contributed by atoms with Gasteiger partial charge in [0.1, 0.15) is 0 Å². The molecule has 0 aliphatic heterocycles. The van der Waals surface area contributed by atoms with Gasteiger partial charge in [0.25, 0.3) is 0 Å². The number of hydrogen-bond donors (Lipinski definition) is 0. The van der Waals surface area contributed by atoms with Gasteiger partial charge in [-0.25, -0.2) is 4.98 Å². The van der Waals surface area contributed by atoms with Gasteiger partial charge in [-0.15, -0.1) is 11.3 Å². The summed E-state index contributed by atoms with van der Waals surface area (Å²) in [6, 6.07) is 34.6. The SMILES string of the molecule is Brc1ccc(-c2nc3ccccc3c3c2ccc2c4ccccc4sc23)c2ccccc12. The van der Waals surface area contributed by atoms with E-state index in [0.29, 0.717) is 0 Å². The third kappa shape index (κ3) is 2.52. The smallest absolute Gasteiger partial charge is 0.0794 e. The van der Waals surface area contributed by atoms with Crippen LogP contribution in [0.5, 0.6) is 0 Å². The van der Waals surface area contributed by atoms with Crippen molar-refractivity contribution in [2.24, 2.45) is 0 Å². The largest absolute Gasteiger partial charge is 0.247 e. The molecule has 7 aromatic rings. The van der Waals surface area contributed by atoms with Crippen LogP contribution < -0.4 is 0 Å². The van der Waals surface area contributed by atoms with Crippen LogP contribution in [0.1, 0.15) is 0 Å². The molecule has 0 aliphatic carbocycles. The molecule has 0 unspecified atom stereocenters. The Bertz CT molecular complexity index is 1850. The van der Waals surface area contributed by atoms with E-state index < -0.39 is 0 Å². The Labute approximate surface area is 197 Å². The lowest BCUT2D eigenvalue weighted by Gasteiger charge is -2.13. The van der Waals surface area contributed by atoms with Gasteiger partial charge in [0.05, 0.1) is 11.2 Å². The number of aromatic nitrogens is 1. The highest BCUT2D eigenvalue weighted by molar-refractivity contribution is 9.10. The first-order chi connectivity index (χ1) is 15.8. The fourth-order valence-corrected chi connectivity index (χ4v) is 6.63. The summed E-state index contributed by atoms with van der Waals surface area (Å²) in [6.45, 7) is 0. The maximum absolute atomic E-state index is 5.20. The number of hydrogen-bond acceptors (Lipinski definition) is 2. The first kappa shape index (κ1) is 18.3. The summed E-state index contributed by atoms with van der Waals surface area (Å²) in [5.74, 6) is 0. The zero-order chi connectivity index (χ0) is 21.2. The number of fused-ring (bicyclic) bond motifs is 8. The molecule has 0 fully saturated rings. The Morgan fingerprint density at radius 2 is 1.25 bits per heavy atom. The van der Waals surface area contributed by atoms with Crippen LogP contribution in [0.4, 0.5) is 0 Å². The van der Waals surface area contributed by atoms with E-state index in [-0.39, 0.29) is 0 Å². The molecule has 0 aliphatic rings. The molecule has 3 heteroatoms. The number of halogens is 1. The average Bonchev–Trinajstić information content (AvgIpc) is 3.23. The Hall–Kier alpha value is -3.27. The van der Waals surface area contributed by atoms with Gasteiger partial charge in [0, 0.05) is 46.4 Å². The van der Waals surface area contributed by atoms with Crippen molar-refractivity contribution in [2.75, 3.05) is 0 Å². The van der Waals surface area contributed by atoms with Gasteiger partial charge in [-0.2, -0.15) is 0 Å². The predicted molar refractivity (Wildman–Crippen MR) is 143 cm³/mol. The third-order valence-electron chi connectivity index (χ3n) is 6.33. The molecule has 2 heterocycles. The highest BCUT2D eigenvalue weighted by Crippen LogP contribution is 2.44. The number of pyridine rings is 1. The molecule has 0 radical (unpaired) electrons. The molecule has 0 amide bonds. The molecular formula is C29H16BrNS. The van der Waals surface area contributed by atoms with Crippen LogP contribution in [0.3, 0.4) is 0 Å². The maximum atomic E-state index is 5.20. The molecule has 1 nitrogen and oxygen atoms in total. The van der Waals surface area contributed by atoms with Crippen LogP contribution in [0.15, 0.2) is 102 Å². The first-order valence-corrected chi connectivity index (χ1v) is 12.2. The Balaban J connectivity index is 1.72. The highest BCUT2D eigenvalue weighted by atomic mass is 79.9. The Kier molecular flexibility index (Phi) is 3.93. The molecule has 0 N–H and O–H groups in total. The molecule has 0 saturated carbocycles. The van der Waals surface area contributed by atoms with Gasteiger partial charge in [0.2, 0.25) is 0 Å². The van der Waals surface area contributed by atoms with Crippen molar-refractivity contribution in [3.8, 4) is 11.3 Å². The van der Waals surface area contributed by atoms with Crippen molar-refractivity contribution in [1.82, 2.24) is 4.98 Å². The number of para-hydroxylation sites is 1. The van der Waals surface area contributed by atoms with Crippen LogP contribution in [0, 0.1) is 0 Å². The van der Waals surface area contributed by atoms with Crippen molar-refractivity contribution >= 4 is 79.9 Å². The second-order valence-electron chi connectivity index (χ2n) is 8.08. The van der Waals surface area contributed by atoms with Crippen molar-refractivity contribution in [1.29, 1.82) is 0 Å². The van der Waals surface area contributed by atoms with E-state index in [9.17, 15) is 0 Å². The molecule has 0 spiro atoms. The summed E-state index contributed by atoms with van der Waals surface area (Å²) >= 11 is 5.61. The Morgan fingerprint density at radius 1 is 0.562 bits per heavy atom. The summed E-state index contributed by atoms with van der Waals surface area (Å²) in [7, 11) is 0. The third-order valence-corrected chi connectivity index (χ3v) is 8.23. The fourth-order valence-electron chi connectivity index (χ4n) is 4.89. The molecular weight excluding hydrogens is 474 g/mol. The van der Waals surface area contributed by atoms with E-state index in [0.717, 1.165) is 15.7 Å². The minimum atomic E-state index is 1.03. The van der Waals surface area contributed by atoms with Gasteiger partial charge < -0.3 is 0 Å². The van der Waals surface area contributed by atoms with Crippen LogP contribution in [-0.2, 0) is 0 Å². The summed E-state index contributed by atoms with van der Waals surface area (Å²) in [5, 5.41) is 8.78. The van der Waals surface area contributed by atoms with Gasteiger partial charge in [-0.05, 0) is 29.0 Å². The zero-order valence-corrected chi connectivity index (χ0v) is 19.4. The van der Waals surface area contributed by atoms with Crippen molar-refractivity contribution in [3.63, 3.8) is 0 Å². The van der Waals surface area contributed by atoms with E-state index in [4.69, 9.17) is 4.98 Å². The minimum Gasteiger partial charge on any atom is -0.247 e. The van der Waals surface area contributed by atoms with E-state index in [2.05, 4.69) is 113 Å². The molecule has 32 heavy (non-hydrogen) atoms. The van der Waals surface area contributed by atoms with Crippen molar-refractivity contribution in [2.45, 2.75) is 0 Å². The van der Waals surface area contributed by atoms with Crippen molar-refractivity contribution < 1.29 is 0 Å². The number of thiophene rings is 1. The fraction of sp³-hybridized carbons (Fsp3) is 0. The lowest BCUT2D eigenvalue weighted by atomic mass is 9.95. The lowest BCUT2D eigenvalue weighted by molar-refractivity contribution is 1.44. The molecule has 5 aromatic carbocycles. The molecule has 0 atom stereocenters. The second-order valence-corrected chi connectivity index (χ2v) is 9.99. The normalized spacial score (nSPS) is 11.9. The number of rotatable bonds is 1. The topological polar surface area (TPSA) is 12.9 Å². The van der Waals surface area contributed by atoms with E-state index in [1.54, 1.807) is 0 Å². The van der Waals surface area contributed by atoms with Gasteiger partial charge in [-0.3, -0.25) is 0 Å². The number of benzene rings is 5. The van der Waals surface area contributed by atoms with Gasteiger partial charge in [-0.1, -0.05) is 94.8 Å². The second kappa shape index (κ2) is 6.86. The van der Waals surface area contributed by atoms with E-state index >= 15 is 0 Å². The first-order valence-electron chi connectivity index (χ1n) is 10.6. The predicted octanol–water partition coefficient (Wildman–Crippen LogP) is 9.34. The minimum absolute atomic E-state index is 1.03. The van der Waals surface area contributed by atoms with Crippen molar-refractivity contribution in [3.05, 3.63) is 102 Å².